The molecule has 0 spiro atoms. The Labute approximate surface area is 128 Å². The molecule has 0 radical (unpaired) electrons. The van der Waals surface area contributed by atoms with E-state index in [-0.39, 0.29) is 6.61 Å². The number of rotatable bonds is 11. The number of hydrogen-bond acceptors (Lipinski definition) is 5. The molecule has 4 atom stereocenters. The van der Waals surface area contributed by atoms with Gasteiger partial charge in [-0.25, -0.2) is 0 Å². The Morgan fingerprint density at radius 2 is 1.43 bits per heavy atom. The molecule has 5 heteroatoms. The molecular weight excluding hydrogens is 272 g/mol. The monoisotopic (exact) mass is 304 g/mol. The summed E-state index contributed by atoms with van der Waals surface area (Å²) in [4.78, 5) is 0. The highest BCUT2D eigenvalue weighted by atomic mass is 16.7. The molecule has 0 amide bonds. The molecule has 1 saturated heterocycles. The standard InChI is InChI=1S/C16H32O5/c1-2-3-4-5-6-7-8-9-10-11-20-16-15(19)14(18)13(17)12-21-16/h13-19H,2-12H2,1H3/t13-,14+,15-,16?/m1/s1. The largest absolute Gasteiger partial charge is 0.388 e. The van der Waals surface area contributed by atoms with Gasteiger partial charge in [-0.2, -0.15) is 0 Å². The molecule has 1 unspecified atom stereocenters. The maximum atomic E-state index is 9.69. The fourth-order valence-electron chi connectivity index (χ4n) is 2.54. The smallest absolute Gasteiger partial charge is 0.186 e. The molecule has 0 bridgehead atoms. The van der Waals surface area contributed by atoms with Gasteiger partial charge in [0.1, 0.15) is 18.3 Å². The molecule has 1 heterocycles. The fraction of sp³-hybridized carbons (Fsp3) is 1.00. The van der Waals surface area contributed by atoms with Crippen LogP contribution in [0.4, 0.5) is 0 Å². The zero-order valence-corrected chi connectivity index (χ0v) is 13.2. The number of ether oxygens (including phenoxy) is 2. The summed E-state index contributed by atoms with van der Waals surface area (Å²) in [6, 6.07) is 0. The van der Waals surface area contributed by atoms with E-state index in [4.69, 9.17) is 9.47 Å². The second-order valence-corrected chi connectivity index (χ2v) is 5.95. The lowest BCUT2D eigenvalue weighted by Crippen LogP contribution is -2.53. The summed E-state index contributed by atoms with van der Waals surface area (Å²) < 4.78 is 10.6. The Morgan fingerprint density at radius 3 is 2.05 bits per heavy atom. The first-order chi connectivity index (χ1) is 10.2. The third-order valence-electron chi connectivity index (χ3n) is 3.98. The van der Waals surface area contributed by atoms with E-state index in [0.29, 0.717) is 6.61 Å². The molecule has 1 rings (SSSR count). The van der Waals surface area contributed by atoms with E-state index >= 15 is 0 Å². The average Bonchev–Trinajstić information content (AvgIpc) is 2.49. The predicted octanol–water partition coefficient (Wildman–Crippen LogP) is 1.97. The summed E-state index contributed by atoms with van der Waals surface area (Å²) >= 11 is 0. The molecule has 126 valence electrons. The molecular formula is C16H32O5. The fourth-order valence-corrected chi connectivity index (χ4v) is 2.54. The van der Waals surface area contributed by atoms with Crippen molar-refractivity contribution in [2.75, 3.05) is 13.2 Å². The van der Waals surface area contributed by atoms with Gasteiger partial charge in [0.15, 0.2) is 6.29 Å². The molecule has 1 aliphatic rings. The van der Waals surface area contributed by atoms with Crippen LogP contribution in [0.3, 0.4) is 0 Å². The SMILES string of the molecule is CCCCCCCCCCCOC1OC[C@@H](O)[C@H](O)[C@H]1O. The van der Waals surface area contributed by atoms with Gasteiger partial charge < -0.3 is 24.8 Å². The van der Waals surface area contributed by atoms with Crippen molar-refractivity contribution in [1.82, 2.24) is 0 Å². The summed E-state index contributed by atoms with van der Waals surface area (Å²) in [5.74, 6) is 0. The van der Waals surface area contributed by atoms with E-state index in [2.05, 4.69) is 6.92 Å². The lowest BCUT2D eigenvalue weighted by atomic mass is 10.1. The minimum atomic E-state index is -1.19. The van der Waals surface area contributed by atoms with E-state index in [1.165, 1.54) is 44.9 Å². The summed E-state index contributed by atoms with van der Waals surface area (Å²) in [5.41, 5.74) is 0. The first kappa shape index (κ1) is 18.8. The highest BCUT2D eigenvalue weighted by molar-refractivity contribution is 4.82. The van der Waals surface area contributed by atoms with Crippen LogP contribution in [-0.4, -0.2) is 53.1 Å². The van der Waals surface area contributed by atoms with E-state index in [1.54, 1.807) is 0 Å². The van der Waals surface area contributed by atoms with E-state index in [1.807, 2.05) is 0 Å². The van der Waals surface area contributed by atoms with Gasteiger partial charge in [-0.1, -0.05) is 58.3 Å². The number of aliphatic hydroxyl groups excluding tert-OH is 3. The van der Waals surface area contributed by atoms with Gasteiger partial charge in [-0.05, 0) is 6.42 Å². The minimum Gasteiger partial charge on any atom is -0.388 e. The quantitative estimate of drug-likeness (QED) is 0.509. The van der Waals surface area contributed by atoms with Crippen LogP contribution in [0, 0.1) is 0 Å². The van der Waals surface area contributed by atoms with Crippen LogP contribution in [0.1, 0.15) is 64.7 Å². The number of aliphatic hydroxyl groups is 3. The third kappa shape index (κ3) is 7.56. The van der Waals surface area contributed by atoms with Crippen molar-refractivity contribution >= 4 is 0 Å². The zero-order valence-electron chi connectivity index (χ0n) is 13.2. The second kappa shape index (κ2) is 11.4. The van der Waals surface area contributed by atoms with Crippen LogP contribution in [0.2, 0.25) is 0 Å². The predicted molar refractivity (Wildman–Crippen MR) is 80.9 cm³/mol. The lowest BCUT2D eigenvalue weighted by molar-refractivity contribution is -0.270. The molecule has 0 aromatic carbocycles. The summed E-state index contributed by atoms with van der Waals surface area (Å²) in [6.45, 7) is 2.74. The molecule has 0 saturated carbocycles. The van der Waals surface area contributed by atoms with Crippen molar-refractivity contribution in [3.8, 4) is 0 Å². The molecule has 1 fully saturated rings. The zero-order chi connectivity index (χ0) is 15.5. The molecule has 0 aromatic heterocycles. The van der Waals surface area contributed by atoms with Crippen molar-refractivity contribution in [3.05, 3.63) is 0 Å². The van der Waals surface area contributed by atoms with Crippen molar-refractivity contribution in [3.63, 3.8) is 0 Å². The third-order valence-corrected chi connectivity index (χ3v) is 3.98. The van der Waals surface area contributed by atoms with Crippen LogP contribution in [0.5, 0.6) is 0 Å². The second-order valence-electron chi connectivity index (χ2n) is 5.95. The normalized spacial score (nSPS) is 29.7. The number of hydrogen-bond donors (Lipinski definition) is 3. The van der Waals surface area contributed by atoms with Crippen LogP contribution in [0.15, 0.2) is 0 Å². The number of unbranched alkanes of at least 4 members (excludes halogenated alkanes) is 8. The van der Waals surface area contributed by atoms with E-state index in [9.17, 15) is 15.3 Å². The van der Waals surface area contributed by atoms with Gasteiger partial charge in [-0.15, -0.1) is 0 Å². The molecule has 0 aromatic rings. The maximum absolute atomic E-state index is 9.69. The Hall–Kier alpha value is -0.200. The van der Waals surface area contributed by atoms with Crippen molar-refractivity contribution in [2.45, 2.75) is 89.3 Å². The highest BCUT2D eigenvalue weighted by Gasteiger charge is 2.37. The topological polar surface area (TPSA) is 79.2 Å². The molecule has 3 N–H and O–H groups in total. The van der Waals surface area contributed by atoms with Crippen molar-refractivity contribution in [1.29, 1.82) is 0 Å². The van der Waals surface area contributed by atoms with E-state index < -0.39 is 24.6 Å². The van der Waals surface area contributed by atoms with Gasteiger partial charge in [0.2, 0.25) is 0 Å². The van der Waals surface area contributed by atoms with Crippen molar-refractivity contribution in [2.24, 2.45) is 0 Å². The van der Waals surface area contributed by atoms with E-state index in [0.717, 1.165) is 12.8 Å². The van der Waals surface area contributed by atoms with Crippen LogP contribution in [0.25, 0.3) is 0 Å². The Kier molecular flexibility index (Phi) is 10.2. The summed E-state index contributed by atoms with van der Waals surface area (Å²) in [7, 11) is 0. The van der Waals surface area contributed by atoms with Gasteiger partial charge in [-0.3, -0.25) is 0 Å². The molecule has 21 heavy (non-hydrogen) atoms. The van der Waals surface area contributed by atoms with Crippen molar-refractivity contribution < 1.29 is 24.8 Å². The average molecular weight is 304 g/mol. The van der Waals surface area contributed by atoms with Gasteiger partial charge in [0.05, 0.1) is 6.61 Å². The minimum absolute atomic E-state index is 0.000648. The Balaban J connectivity index is 1.92. The van der Waals surface area contributed by atoms with Gasteiger partial charge in [0, 0.05) is 6.61 Å². The molecule has 5 nitrogen and oxygen atoms in total. The van der Waals surface area contributed by atoms with Crippen LogP contribution < -0.4 is 0 Å². The summed E-state index contributed by atoms with van der Waals surface area (Å²) in [5, 5.41) is 28.5. The summed E-state index contributed by atoms with van der Waals surface area (Å²) in [6.07, 6.45) is 6.96. The first-order valence-electron chi connectivity index (χ1n) is 8.44. The van der Waals surface area contributed by atoms with Gasteiger partial charge in [0.25, 0.3) is 0 Å². The highest BCUT2D eigenvalue weighted by Crippen LogP contribution is 2.17. The maximum Gasteiger partial charge on any atom is 0.186 e. The Morgan fingerprint density at radius 1 is 0.857 bits per heavy atom. The van der Waals surface area contributed by atoms with Crippen LogP contribution >= 0.6 is 0 Å². The lowest BCUT2D eigenvalue weighted by Gasteiger charge is -2.34. The molecule has 0 aliphatic carbocycles. The first-order valence-corrected chi connectivity index (χ1v) is 8.44. The Bertz CT molecular complexity index is 249. The molecule has 1 aliphatic heterocycles. The van der Waals surface area contributed by atoms with Gasteiger partial charge >= 0.3 is 0 Å². The van der Waals surface area contributed by atoms with Crippen LogP contribution in [-0.2, 0) is 9.47 Å².